The van der Waals surface area contributed by atoms with Crippen molar-refractivity contribution in [1.82, 2.24) is 5.32 Å². The number of rotatable bonds is 5. The minimum absolute atomic E-state index is 0.147. The first kappa shape index (κ1) is 19.1. The molecule has 3 heterocycles. The van der Waals surface area contributed by atoms with Gasteiger partial charge in [-0.25, -0.2) is 4.39 Å². The Morgan fingerprint density at radius 3 is 2.76 bits per heavy atom. The quantitative estimate of drug-likeness (QED) is 0.734. The summed E-state index contributed by atoms with van der Waals surface area (Å²) in [5, 5.41) is 16.7. The summed E-state index contributed by atoms with van der Waals surface area (Å²) in [5.41, 5.74) is 1.84. The van der Waals surface area contributed by atoms with Crippen molar-refractivity contribution in [2.45, 2.75) is 43.8 Å². The van der Waals surface area contributed by atoms with Crippen molar-refractivity contribution in [3.8, 4) is 5.75 Å². The molecule has 8 heteroatoms. The maximum absolute atomic E-state index is 15.5. The molecule has 1 saturated carbocycles. The zero-order valence-electron chi connectivity index (χ0n) is 16.8. The molecule has 1 aromatic rings. The lowest BCUT2D eigenvalue weighted by Gasteiger charge is -2.40. The molecule has 3 fully saturated rings. The van der Waals surface area contributed by atoms with Crippen LogP contribution in [0.3, 0.4) is 0 Å². The van der Waals surface area contributed by atoms with Crippen LogP contribution in [-0.2, 0) is 0 Å². The Kier molecular flexibility index (Phi) is 4.86. The van der Waals surface area contributed by atoms with Gasteiger partial charge in [-0.15, -0.1) is 0 Å². The molecule has 2 N–H and O–H groups in total. The van der Waals surface area contributed by atoms with E-state index < -0.39 is 6.04 Å². The van der Waals surface area contributed by atoms with Crippen molar-refractivity contribution in [1.29, 1.82) is 0 Å². The second kappa shape index (κ2) is 7.40. The van der Waals surface area contributed by atoms with Gasteiger partial charge in [0.25, 0.3) is 0 Å². The summed E-state index contributed by atoms with van der Waals surface area (Å²) in [7, 11) is 1.58. The molecule has 1 aromatic carbocycles. The number of fused-ring (bicyclic) bond motifs is 2. The second-order valence-electron chi connectivity index (χ2n) is 8.92. The molecular weight excluding hydrogens is 375 g/mol. The fraction of sp³-hybridized carbons (Fsp3) is 0.714. The van der Waals surface area contributed by atoms with Gasteiger partial charge in [-0.05, 0) is 44.2 Å². The second-order valence-corrected chi connectivity index (χ2v) is 8.92. The smallest absolute Gasteiger partial charge is 0.168 e. The number of nitrogens with zero attached hydrogens (tertiary/aromatic N) is 3. The summed E-state index contributed by atoms with van der Waals surface area (Å²) in [4.78, 5) is 16.0. The van der Waals surface area contributed by atoms with Crippen LogP contribution in [0.1, 0.15) is 37.3 Å². The van der Waals surface area contributed by atoms with E-state index in [9.17, 15) is 10.0 Å². The molecule has 4 atom stereocenters. The lowest BCUT2D eigenvalue weighted by Crippen LogP contribution is -2.41. The van der Waals surface area contributed by atoms with Crippen molar-refractivity contribution in [3.63, 3.8) is 0 Å². The third kappa shape index (κ3) is 3.08. The highest BCUT2D eigenvalue weighted by atomic mass is 19.1. The van der Waals surface area contributed by atoms with Crippen LogP contribution in [0.2, 0.25) is 0 Å². The van der Waals surface area contributed by atoms with Gasteiger partial charge >= 0.3 is 0 Å². The van der Waals surface area contributed by atoms with Gasteiger partial charge in [-0.1, -0.05) is 5.18 Å². The number of hydrogen-bond acceptors (Lipinski definition) is 7. The normalized spacial score (nSPS) is 31.4. The van der Waals surface area contributed by atoms with Crippen LogP contribution in [0.5, 0.6) is 5.75 Å². The SMILES string of the molecule is COc1c(N2CC3CCCNC3C2)c(F)cc2c1N(C1CC1)CC(CO)C2N=O. The van der Waals surface area contributed by atoms with Gasteiger partial charge in [0.05, 0.1) is 19.4 Å². The Morgan fingerprint density at radius 2 is 2.10 bits per heavy atom. The predicted octanol–water partition coefficient (Wildman–Crippen LogP) is 2.42. The zero-order valence-corrected chi connectivity index (χ0v) is 16.8. The standard InChI is InChI=1S/C21H29FN4O3/c1-29-21-19-15(18(24-28)13(11-27)9-26(19)14-4-5-14)7-16(22)20(21)25-8-12-3-2-6-23-17(12)10-25/h7,12-14,17-18,23,27H,2-6,8-11H2,1H3. The fourth-order valence-corrected chi connectivity index (χ4v) is 5.58. The molecule has 2 saturated heterocycles. The Labute approximate surface area is 170 Å². The number of nitrogens with one attached hydrogen (secondary N) is 1. The Bertz CT molecular complexity index is 789. The predicted molar refractivity (Wildman–Crippen MR) is 109 cm³/mol. The topological polar surface area (TPSA) is 77.4 Å². The molecule has 5 rings (SSSR count). The highest BCUT2D eigenvalue weighted by Gasteiger charge is 2.45. The average molecular weight is 404 g/mol. The minimum Gasteiger partial charge on any atom is -0.492 e. The molecule has 4 unspecified atom stereocenters. The first-order chi connectivity index (χ1) is 14.2. The molecule has 4 aliphatic rings. The molecule has 0 radical (unpaired) electrons. The number of benzene rings is 1. The third-order valence-corrected chi connectivity index (χ3v) is 7.15. The van der Waals surface area contributed by atoms with Crippen LogP contribution in [0, 0.1) is 22.6 Å². The van der Waals surface area contributed by atoms with E-state index in [1.807, 2.05) is 0 Å². The van der Waals surface area contributed by atoms with Crippen LogP contribution in [0.4, 0.5) is 15.8 Å². The Morgan fingerprint density at radius 1 is 1.28 bits per heavy atom. The minimum atomic E-state index is -0.759. The lowest BCUT2D eigenvalue weighted by molar-refractivity contribution is 0.201. The summed E-state index contributed by atoms with van der Waals surface area (Å²) in [6, 6.07) is 1.44. The van der Waals surface area contributed by atoms with Crippen LogP contribution in [0.25, 0.3) is 0 Å². The highest BCUT2D eigenvalue weighted by molar-refractivity contribution is 5.79. The van der Waals surface area contributed by atoms with E-state index in [1.165, 1.54) is 6.07 Å². The first-order valence-electron chi connectivity index (χ1n) is 10.7. The van der Waals surface area contributed by atoms with E-state index in [-0.39, 0.29) is 18.3 Å². The van der Waals surface area contributed by atoms with E-state index in [0.29, 0.717) is 41.5 Å². The van der Waals surface area contributed by atoms with Crippen molar-refractivity contribution in [2.24, 2.45) is 17.0 Å². The monoisotopic (exact) mass is 404 g/mol. The van der Waals surface area contributed by atoms with Gasteiger partial charge in [0, 0.05) is 43.2 Å². The number of methoxy groups -OCH3 is 1. The molecule has 0 bridgehead atoms. The molecule has 0 aromatic heterocycles. The summed E-state index contributed by atoms with van der Waals surface area (Å²) in [6.45, 7) is 2.98. The molecular formula is C21H29FN4O3. The first-order valence-corrected chi connectivity index (χ1v) is 10.7. The van der Waals surface area contributed by atoms with Gasteiger partial charge < -0.3 is 25.0 Å². The molecule has 7 nitrogen and oxygen atoms in total. The molecule has 29 heavy (non-hydrogen) atoms. The summed E-state index contributed by atoms with van der Waals surface area (Å²) < 4.78 is 21.3. The van der Waals surface area contributed by atoms with E-state index in [2.05, 4.69) is 20.3 Å². The molecule has 1 aliphatic carbocycles. The number of hydrogen-bond donors (Lipinski definition) is 2. The van der Waals surface area contributed by atoms with Gasteiger partial charge in [0.15, 0.2) is 11.6 Å². The number of halogens is 1. The Hall–Kier alpha value is -1.93. The van der Waals surface area contributed by atoms with Crippen LogP contribution in [0.15, 0.2) is 11.2 Å². The van der Waals surface area contributed by atoms with Gasteiger partial charge in [0.2, 0.25) is 0 Å². The van der Waals surface area contributed by atoms with Gasteiger partial charge in [-0.2, -0.15) is 4.91 Å². The molecule has 3 aliphatic heterocycles. The number of anilines is 2. The van der Waals surface area contributed by atoms with Crippen molar-refractivity contribution in [3.05, 3.63) is 22.4 Å². The summed E-state index contributed by atoms with van der Waals surface area (Å²) in [5.74, 6) is 0.332. The number of nitroso groups, excluding NO2 is 1. The van der Waals surface area contributed by atoms with E-state index in [1.54, 1.807) is 7.11 Å². The van der Waals surface area contributed by atoms with E-state index in [4.69, 9.17) is 4.74 Å². The number of aliphatic hydroxyl groups excluding tert-OH is 1. The maximum Gasteiger partial charge on any atom is 0.168 e. The molecule has 158 valence electrons. The van der Waals surface area contributed by atoms with Crippen LogP contribution >= 0.6 is 0 Å². The number of aliphatic hydroxyl groups is 1. The maximum atomic E-state index is 15.5. The molecule has 0 amide bonds. The number of ether oxygens (including phenoxy) is 1. The summed E-state index contributed by atoms with van der Waals surface area (Å²) in [6.07, 6.45) is 4.44. The zero-order chi connectivity index (χ0) is 20.1. The largest absolute Gasteiger partial charge is 0.492 e. The van der Waals surface area contributed by atoms with Crippen molar-refractivity contribution < 1.29 is 14.2 Å². The highest BCUT2D eigenvalue weighted by Crippen LogP contribution is 2.53. The lowest BCUT2D eigenvalue weighted by atomic mass is 9.87. The summed E-state index contributed by atoms with van der Waals surface area (Å²) >= 11 is 0. The number of piperidine rings is 1. The van der Waals surface area contributed by atoms with E-state index >= 15 is 4.39 Å². The van der Waals surface area contributed by atoms with Crippen molar-refractivity contribution >= 4 is 11.4 Å². The van der Waals surface area contributed by atoms with E-state index in [0.717, 1.165) is 51.0 Å². The van der Waals surface area contributed by atoms with Crippen LogP contribution < -0.4 is 19.9 Å². The Balaban J connectivity index is 1.61. The van der Waals surface area contributed by atoms with Crippen molar-refractivity contribution in [2.75, 3.05) is 49.7 Å². The average Bonchev–Trinajstić information content (AvgIpc) is 3.49. The van der Waals surface area contributed by atoms with Gasteiger partial charge in [0.1, 0.15) is 11.7 Å². The third-order valence-electron chi connectivity index (χ3n) is 7.15. The van der Waals surface area contributed by atoms with Crippen LogP contribution in [-0.4, -0.2) is 57.1 Å². The molecule has 0 spiro atoms. The van der Waals surface area contributed by atoms with Gasteiger partial charge in [-0.3, -0.25) is 0 Å². The fourth-order valence-electron chi connectivity index (χ4n) is 5.58.